The summed E-state index contributed by atoms with van der Waals surface area (Å²) in [5.41, 5.74) is 1.38. The van der Waals surface area contributed by atoms with Gasteiger partial charge in [-0.25, -0.2) is 4.79 Å². The average Bonchev–Trinajstić information content (AvgIpc) is 2.93. The minimum atomic E-state index is -0.457. The van der Waals surface area contributed by atoms with Gasteiger partial charge in [-0.2, -0.15) is 0 Å². The van der Waals surface area contributed by atoms with Gasteiger partial charge in [-0.1, -0.05) is 6.08 Å². The number of fused-ring (bicyclic) bond motifs is 1. The Bertz CT molecular complexity index is 688. The van der Waals surface area contributed by atoms with E-state index in [0.717, 1.165) is 10.9 Å². The van der Waals surface area contributed by atoms with Gasteiger partial charge in [0.1, 0.15) is 5.75 Å². The molecule has 1 amide bonds. The van der Waals surface area contributed by atoms with Crippen LogP contribution in [0.3, 0.4) is 0 Å². The van der Waals surface area contributed by atoms with Crippen LogP contribution in [0.5, 0.6) is 5.75 Å². The van der Waals surface area contributed by atoms with Crippen molar-refractivity contribution in [2.45, 2.75) is 0 Å². The molecule has 2 rings (SSSR count). The number of hydrogen-bond donors (Lipinski definition) is 2. The zero-order valence-corrected chi connectivity index (χ0v) is 11.8. The van der Waals surface area contributed by atoms with Crippen molar-refractivity contribution >= 4 is 22.8 Å². The quantitative estimate of drug-likeness (QED) is 0.647. The first-order valence-corrected chi connectivity index (χ1v) is 6.33. The van der Waals surface area contributed by atoms with Gasteiger partial charge in [-0.15, -0.1) is 0 Å². The maximum absolute atomic E-state index is 12.1. The number of amides is 1. The largest absolute Gasteiger partial charge is 0.497 e. The second-order valence-corrected chi connectivity index (χ2v) is 4.25. The van der Waals surface area contributed by atoms with Crippen LogP contribution in [0.4, 0.5) is 0 Å². The molecular weight excluding hydrogens is 272 g/mol. The van der Waals surface area contributed by atoms with E-state index < -0.39 is 5.97 Å². The smallest absolute Gasteiger partial charge is 0.330 e. The van der Waals surface area contributed by atoms with Gasteiger partial charge < -0.3 is 19.8 Å². The van der Waals surface area contributed by atoms with Crippen molar-refractivity contribution in [3.8, 4) is 5.75 Å². The molecule has 0 aliphatic carbocycles. The molecule has 2 N–H and O–H groups in total. The molecule has 0 aliphatic rings. The number of rotatable bonds is 5. The summed E-state index contributed by atoms with van der Waals surface area (Å²) in [6.07, 6.45) is 4.43. The maximum atomic E-state index is 12.1. The summed E-state index contributed by atoms with van der Waals surface area (Å²) in [4.78, 5) is 26.0. The van der Waals surface area contributed by atoms with Crippen molar-refractivity contribution in [2.24, 2.45) is 0 Å². The van der Waals surface area contributed by atoms with E-state index in [1.165, 1.54) is 19.3 Å². The van der Waals surface area contributed by atoms with Crippen molar-refractivity contribution in [2.75, 3.05) is 20.8 Å². The van der Waals surface area contributed by atoms with Crippen LogP contribution in [0, 0.1) is 0 Å². The molecule has 21 heavy (non-hydrogen) atoms. The average molecular weight is 288 g/mol. The Hall–Kier alpha value is -2.76. The van der Waals surface area contributed by atoms with Crippen LogP contribution in [-0.4, -0.2) is 37.6 Å². The lowest BCUT2D eigenvalue weighted by molar-refractivity contribution is -0.134. The summed E-state index contributed by atoms with van der Waals surface area (Å²) in [7, 11) is 2.87. The molecule has 1 heterocycles. The van der Waals surface area contributed by atoms with Crippen molar-refractivity contribution in [3.05, 3.63) is 42.1 Å². The molecule has 110 valence electrons. The van der Waals surface area contributed by atoms with Crippen LogP contribution in [0.15, 0.2) is 36.5 Å². The standard InChI is InChI=1S/C15H16N2O4/c1-20-10-5-6-13-11(8-10)12(9-17-13)15(19)16-7-3-4-14(18)21-2/h3-6,8-9,17H,7H2,1-2H3,(H,16,19)/b4-3+. The van der Waals surface area contributed by atoms with Gasteiger partial charge in [-0.05, 0) is 18.2 Å². The van der Waals surface area contributed by atoms with Gasteiger partial charge in [0.05, 0.1) is 19.8 Å². The maximum Gasteiger partial charge on any atom is 0.330 e. The van der Waals surface area contributed by atoms with Gasteiger partial charge in [0.2, 0.25) is 0 Å². The third-order valence-electron chi connectivity index (χ3n) is 2.97. The molecule has 0 atom stereocenters. The highest BCUT2D eigenvalue weighted by Crippen LogP contribution is 2.23. The monoisotopic (exact) mass is 288 g/mol. The summed E-state index contributed by atoms with van der Waals surface area (Å²) in [5.74, 6) is -0.00756. The molecule has 0 radical (unpaired) electrons. The fourth-order valence-corrected chi connectivity index (χ4v) is 1.88. The zero-order valence-electron chi connectivity index (χ0n) is 11.8. The molecule has 6 nitrogen and oxygen atoms in total. The summed E-state index contributed by atoms with van der Waals surface area (Å²) in [5, 5.41) is 3.48. The van der Waals surface area contributed by atoms with E-state index in [1.54, 1.807) is 19.4 Å². The Morgan fingerprint density at radius 2 is 2.14 bits per heavy atom. The first-order valence-electron chi connectivity index (χ1n) is 6.33. The predicted octanol–water partition coefficient (Wildman–Crippen LogP) is 1.64. The number of benzene rings is 1. The van der Waals surface area contributed by atoms with E-state index in [0.29, 0.717) is 11.3 Å². The number of nitrogens with one attached hydrogen (secondary N) is 2. The van der Waals surface area contributed by atoms with E-state index in [2.05, 4.69) is 15.0 Å². The van der Waals surface area contributed by atoms with Gasteiger partial charge in [0.25, 0.3) is 5.91 Å². The first-order chi connectivity index (χ1) is 10.2. The fraction of sp³-hybridized carbons (Fsp3) is 0.200. The van der Waals surface area contributed by atoms with Crippen LogP contribution in [0.25, 0.3) is 10.9 Å². The number of hydrogen-bond acceptors (Lipinski definition) is 4. The van der Waals surface area contributed by atoms with E-state index >= 15 is 0 Å². The van der Waals surface area contributed by atoms with E-state index in [9.17, 15) is 9.59 Å². The van der Waals surface area contributed by atoms with E-state index in [-0.39, 0.29) is 12.5 Å². The van der Waals surface area contributed by atoms with Crippen LogP contribution >= 0.6 is 0 Å². The topological polar surface area (TPSA) is 80.4 Å². The highest BCUT2D eigenvalue weighted by Gasteiger charge is 2.11. The highest BCUT2D eigenvalue weighted by molar-refractivity contribution is 6.07. The van der Waals surface area contributed by atoms with Crippen LogP contribution < -0.4 is 10.1 Å². The number of esters is 1. The summed E-state index contributed by atoms with van der Waals surface area (Å²) < 4.78 is 9.61. The number of aromatic nitrogens is 1. The van der Waals surface area contributed by atoms with Gasteiger partial charge in [-0.3, -0.25) is 4.79 Å². The van der Waals surface area contributed by atoms with Crippen LogP contribution in [0.2, 0.25) is 0 Å². The van der Waals surface area contributed by atoms with E-state index in [1.807, 2.05) is 12.1 Å². The summed E-state index contributed by atoms with van der Waals surface area (Å²) >= 11 is 0. The van der Waals surface area contributed by atoms with Gasteiger partial charge in [0, 0.05) is 29.7 Å². The molecule has 1 aromatic carbocycles. The zero-order chi connectivity index (χ0) is 15.2. The van der Waals surface area contributed by atoms with Gasteiger partial charge >= 0.3 is 5.97 Å². The second kappa shape index (κ2) is 6.60. The molecule has 0 spiro atoms. The molecule has 2 aromatic rings. The summed E-state index contributed by atoms with van der Waals surface area (Å²) in [6.45, 7) is 0.241. The predicted molar refractivity (Wildman–Crippen MR) is 78.3 cm³/mol. The normalized spacial score (nSPS) is 10.8. The summed E-state index contributed by atoms with van der Waals surface area (Å²) in [6, 6.07) is 5.47. The van der Waals surface area contributed by atoms with E-state index in [4.69, 9.17) is 4.74 Å². The van der Waals surface area contributed by atoms with Crippen LogP contribution in [-0.2, 0) is 9.53 Å². The third-order valence-corrected chi connectivity index (χ3v) is 2.97. The highest BCUT2D eigenvalue weighted by atomic mass is 16.5. The van der Waals surface area contributed by atoms with Gasteiger partial charge in [0.15, 0.2) is 0 Å². The Kier molecular flexibility index (Phi) is 4.61. The fourth-order valence-electron chi connectivity index (χ4n) is 1.88. The molecule has 0 bridgehead atoms. The van der Waals surface area contributed by atoms with Crippen molar-refractivity contribution in [3.63, 3.8) is 0 Å². The first kappa shape index (κ1) is 14.6. The SMILES string of the molecule is COC(=O)/C=C/CNC(=O)c1c[nH]c2ccc(OC)cc12. The number of ether oxygens (including phenoxy) is 2. The number of carbonyl (C=O) groups is 2. The molecule has 6 heteroatoms. The number of carbonyl (C=O) groups excluding carboxylic acids is 2. The lowest BCUT2D eigenvalue weighted by Crippen LogP contribution is -2.23. The minimum absolute atomic E-state index is 0.232. The minimum Gasteiger partial charge on any atom is -0.497 e. The molecule has 0 fully saturated rings. The Morgan fingerprint density at radius 1 is 1.33 bits per heavy atom. The second-order valence-electron chi connectivity index (χ2n) is 4.25. The molecule has 0 unspecified atom stereocenters. The third kappa shape index (κ3) is 3.42. The Balaban J connectivity index is 2.09. The lowest BCUT2D eigenvalue weighted by atomic mass is 10.1. The molecule has 1 aromatic heterocycles. The Labute approximate surface area is 121 Å². The Morgan fingerprint density at radius 3 is 2.86 bits per heavy atom. The lowest BCUT2D eigenvalue weighted by Gasteiger charge is -2.02. The molecule has 0 aliphatic heterocycles. The van der Waals surface area contributed by atoms with Crippen molar-refractivity contribution in [1.82, 2.24) is 10.3 Å². The number of aromatic amines is 1. The molecule has 0 saturated heterocycles. The molecule has 0 saturated carbocycles. The van der Waals surface area contributed by atoms with Crippen LogP contribution in [0.1, 0.15) is 10.4 Å². The van der Waals surface area contributed by atoms with Crippen molar-refractivity contribution in [1.29, 1.82) is 0 Å². The number of H-pyrrole nitrogens is 1. The van der Waals surface area contributed by atoms with Crippen molar-refractivity contribution < 1.29 is 19.1 Å². The molecular formula is C15H16N2O4. The number of methoxy groups -OCH3 is 2.